The first kappa shape index (κ1) is 17.0. The monoisotopic (exact) mass is 297 g/mol. The van der Waals surface area contributed by atoms with Crippen molar-refractivity contribution in [2.24, 2.45) is 5.92 Å². The van der Waals surface area contributed by atoms with Crippen LogP contribution in [0, 0.1) is 5.92 Å². The average molecular weight is 298 g/mol. The first-order valence-electron chi connectivity index (χ1n) is 6.90. The minimum atomic E-state index is 0. The number of ketones is 1. The molecular formula is C16H24ClNO2. The van der Waals surface area contributed by atoms with Crippen molar-refractivity contribution in [2.45, 2.75) is 25.2 Å². The summed E-state index contributed by atoms with van der Waals surface area (Å²) in [6, 6.07) is 8.16. The van der Waals surface area contributed by atoms with Crippen LogP contribution < -0.4 is 4.74 Å². The van der Waals surface area contributed by atoms with Crippen LogP contribution in [0.4, 0.5) is 0 Å². The van der Waals surface area contributed by atoms with E-state index < -0.39 is 0 Å². The van der Waals surface area contributed by atoms with Crippen LogP contribution in [0.5, 0.6) is 5.75 Å². The Morgan fingerprint density at radius 2 is 2.10 bits per heavy atom. The van der Waals surface area contributed by atoms with Crippen molar-refractivity contribution in [1.29, 1.82) is 0 Å². The lowest BCUT2D eigenvalue weighted by Gasteiger charge is -2.33. The normalized spacial score (nSPS) is 22.5. The zero-order valence-corrected chi connectivity index (χ0v) is 13.3. The number of hydrogen-bond acceptors (Lipinski definition) is 3. The summed E-state index contributed by atoms with van der Waals surface area (Å²) in [5.74, 6) is 2.15. The van der Waals surface area contributed by atoms with Gasteiger partial charge in [0.25, 0.3) is 0 Å². The minimum absolute atomic E-state index is 0. The van der Waals surface area contributed by atoms with Crippen molar-refractivity contribution in [2.75, 3.05) is 27.7 Å². The Morgan fingerprint density at radius 1 is 1.35 bits per heavy atom. The Hall–Kier alpha value is -1.06. The molecule has 20 heavy (non-hydrogen) atoms. The van der Waals surface area contributed by atoms with Crippen LogP contribution in [0.1, 0.15) is 30.7 Å². The van der Waals surface area contributed by atoms with E-state index in [1.165, 1.54) is 5.56 Å². The molecule has 1 aliphatic carbocycles. The summed E-state index contributed by atoms with van der Waals surface area (Å²) in [5.41, 5.74) is 1.24. The largest absolute Gasteiger partial charge is 0.497 e. The third-order valence-corrected chi connectivity index (χ3v) is 3.93. The molecule has 1 aliphatic rings. The fourth-order valence-electron chi connectivity index (χ4n) is 3.01. The Morgan fingerprint density at radius 3 is 2.75 bits per heavy atom. The number of Topliss-reactive ketones (excluding diaryl/α,β-unsaturated/α-hetero) is 1. The van der Waals surface area contributed by atoms with E-state index >= 15 is 0 Å². The second-order valence-corrected chi connectivity index (χ2v) is 5.69. The Labute approximate surface area is 127 Å². The lowest BCUT2D eigenvalue weighted by atomic mass is 9.74. The van der Waals surface area contributed by atoms with Gasteiger partial charge < -0.3 is 9.64 Å². The number of carbonyl (C=O) groups excluding carboxylic acids is 1. The molecule has 0 amide bonds. The van der Waals surface area contributed by atoms with Gasteiger partial charge in [0.15, 0.2) is 0 Å². The lowest BCUT2D eigenvalue weighted by Crippen LogP contribution is -2.31. The molecule has 3 nitrogen and oxygen atoms in total. The van der Waals surface area contributed by atoms with Crippen molar-refractivity contribution in [3.63, 3.8) is 0 Å². The van der Waals surface area contributed by atoms with Gasteiger partial charge in [0.1, 0.15) is 11.5 Å². The van der Waals surface area contributed by atoms with Crippen LogP contribution in [0.25, 0.3) is 0 Å². The van der Waals surface area contributed by atoms with E-state index in [9.17, 15) is 4.79 Å². The van der Waals surface area contributed by atoms with Crippen LogP contribution in [0.15, 0.2) is 24.3 Å². The first-order valence-corrected chi connectivity index (χ1v) is 6.90. The molecule has 4 heteroatoms. The molecule has 0 unspecified atom stereocenters. The summed E-state index contributed by atoms with van der Waals surface area (Å²) in [7, 11) is 5.88. The van der Waals surface area contributed by atoms with Crippen molar-refractivity contribution < 1.29 is 9.53 Å². The van der Waals surface area contributed by atoms with Crippen LogP contribution in [-0.4, -0.2) is 38.4 Å². The van der Waals surface area contributed by atoms with Crippen molar-refractivity contribution in [3.8, 4) is 5.75 Å². The van der Waals surface area contributed by atoms with Crippen molar-refractivity contribution >= 4 is 18.2 Å². The number of ether oxygens (including phenoxy) is 1. The van der Waals surface area contributed by atoms with Gasteiger partial charge in [-0.15, -0.1) is 12.4 Å². The van der Waals surface area contributed by atoms with Crippen LogP contribution in [-0.2, 0) is 4.79 Å². The average Bonchev–Trinajstić information content (AvgIpc) is 2.40. The lowest BCUT2D eigenvalue weighted by molar-refractivity contribution is -0.121. The van der Waals surface area contributed by atoms with Gasteiger partial charge in [-0.3, -0.25) is 4.79 Å². The van der Waals surface area contributed by atoms with Gasteiger partial charge in [0.05, 0.1) is 7.11 Å². The number of rotatable bonds is 4. The smallest absolute Gasteiger partial charge is 0.133 e. The second kappa shape index (κ2) is 7.65. The molecule has 1 saturated carbocycles. The maximum absolute atomic E-state index is 11.8. The molecule has 1 aromatic rings. The van der Waals surface area contributed by atoms with Crippen LogP contribution in [0.2, 0.25) is 0 Å². The predicted octanol–water partition coefficient (Wildman–Crippen LogP) is 3.13. The first-order chi connectivity index (χ1) is 9.10. The number of carbonyl (C=O) groups is 1. The molecule has 0 N–H and O–H groups in total. The third kappa shape index (κ3) is 4.22. The van der Waals surface area contributed by atoms with E-state index in [2.05, 4.69) is 31.1 Å². The van der Waals surface area contributed by atoms with Gasteiger partial charge in [-0.2, -0.15) is 0 Å². The Kier molecular flexibility index (Phi) is 6.50. The van der Waals surface area contributed by atoms with E-state index in [4.69, 9.17) is 4.74 Å². The maximum Gasteiger partial charge on any atom is 0.133 e. The highest BCUT2D eigenvalue weighted by Crippen LogP contribution is 2.37. The van der Waals surface area contributed by atoms with Crippen molar-refractivity contribution in [3.05, 3.63) is 29.8 Å². The van der Waals surface area contributed by atoms with Gasteiger partial charge in [0.2, 0.25) is 0 Å². The van der Waals surface area contributed by atoms with E-state index in [1.807, 2.05) is 12.1 Å². The molecule has 0 aromatic heterocycles. The summed E-state index contributed by atoms with van der Waals surface area (Å²) in [6.45, 7) is 1.04. The summed E-state index contributed by atoms with van der Waals surface area (Å²) in [4.78, 5) is 14.0. The fourth-order valence-corrected chi connectivity index (χ4v) is 3.01. The number of methoxy groups -OCH3 is 1. The fraction of sp³-hybridized carbons (Fsp3) is 0.562. The molecule has 112 valence electrons. The molecule has 0 spiro atoms. The van der Waals surface area contributed by atoms with Gasteiger partial charge in [-0.05, 0) is 50.0 Å². The molecule has 0 aliphatic heterocycles. The Balaban J connectivity index is 0.00000200. The van der Waals surface area contributed by atoms with Gasteiger partial charge in [-0.25, -0.2) is 0 Å². The highest BCUT2D eigenvalue weighted by Gasteiger charge is 2.30. The zero-order chi connectivity index (χ0) is 13.8. The number of nitrogens with zero attached hydrogens (tertiary/aromatic N) is 1. The summed E-state index contributed by atoms with van der Waals surface area (Å²) in [6.07, 6.45) is 2.41. The zero-order valence-electron chi connectivity index (χ0n) is 12.5. The van der Waals surface area contributed by atoms with Crippen molar-refractivity contribution in [1.82, 2.24) is 4.90 Å². The molecular weight excluding hydrogens is 274 g/mol. The molecule has 1 aromatic carbocycles. The second-order valence-electron chi connectivity index (χ2n) is 5.69. The van der Waals surface area contributed by atoms with Crippen LogP contribution >= 0.6 is 12.4 Å². The summed E-state index contributed by atoms with van der Waals surface area (Å²) >= 11 is 0. The topological polar surface area (TPSA) is 29.5 Å². The Bertz CT molecular complexity index is 448. The van der Waals surface area contributed by atoms with E-state index in [-0.39, 0.29) is 12.4 Å². The quantitative estimate of drug-likeness (QED) is 0.855. The molecule has 2 atom stereocenters. The summed E-state index contributed by atoms with van der Waals surface area (Å²) < 4.78 is 5.29. The SMILES string of the molecule is COc1cccc([C@H]2CC(=O)CC[C@H]2CN(C)C)c1.Cl. The van der Waals surface area contributed by atoms with E-state index in [0.717, 1.165) is 25.1 Å². The predicted molar refractivity (Wildman–Crippen MR) is 83.9 cm³/mol. The molecule has 1 fully saturated rings. The highest BCUT2D eigenvalue weighted by atomic mass is 35.5. The third-order valence-electron chi connectivity index (χ3n) is 3.93. The van der Waals surface area contributed by atoms with E-state index in [0.29, 0.717) is 24.0 Å². The maximum atomic E-state index is 11.8. The number of benzene rings is 1. The number of hydrogen-bond donors (Lipinski definition) is 0. The standard InChI is InChI=1S/C16H23NO2.ClH/c1-17(2)11-13-7-8-14(18)10-16(13)12-5-4-6-15(9-12)19-3;/h4-6,9,13,16H,7-8,10-11H2,1-3H3;1H/t13-,16+;/m0./s1. The highest BCUT2D eigenvalue weighted by molar-refractivity contribution is 5.85. The minimum Gasteiger partial charge on any atom is -0.497 e. The summed E-state index contributed by atoms with van der Waals surface area (Å²) in [5, 5.41) is 0. The molecule has 0 heterocycles. The van der Waals surface area contributed by atoms with Gasteiger partial charge in [-0.1, -0.05) is 12.1 Å². The van der Waals surface area contributed by atoms with Gasteiger partial charge in [0, 0.05) is 19.4 Å². The molecule has 0 radical (unpaired) electrons. The molecule has 0 bridgehead atoms. The van der Waals surface area contributed by atoms with Gasteiger partial charge >= 0.3 is 0 Å². The molecule has 2 rings (SSSR count). The molecule has 0 saturated heterocycles. The van der Waals surface area contributed by atoms with Crippen LogP contribution in [0.3, 0.4) is 0 Å². The number of halogens is 1. The van der Waals surface area contributed by atoms with E-state index in [1.54, 1.807) is 7.11 Å².